The van der Waals surface area contributed by atoms with Gasteiger partial charge in [0.2, 0.25) is 0 Å². The maximum Gasteiger partial charge on any atom is 0.469 e. The zero-order valence-electron chi connectivity index (χ0n) is 11.3. The molecule has 0 unspecified atom stereocenters. The highest BCUT2D eigenvalue weighted by Crippen LogP contribution is 2.60. The molecule has 0 heterocycles. The Labute approximate surface area is 134 Å². The van der Waals surface area contributed by atoms with Gasteiger partial charge in [0.1, 0.15) is 0 Å². The Hall–Kier alpha value is -1.30. The Morgan fingerprint density at radius 2 is 0.593 bits per heavy atom. The van der Waals surface area contributed by atoms with Gasteiger partial charge in [0, 0.05) is 0 Å². The number of hydrogen-bond acceptors (Lipinski definition) is 1. The zero-order valence-corrected chi connectivity index (χ0v) is 11.3. The molecule has 0 rings (SSSR count). The van der Waals surface area contributed by atoms with Gasteiger partial charge in [-0.15, -0.1) is 0 Å². The van der Waals surface area contributed by atoms with E-state index in [1.165, 1.54) is 0 Å². The molecule has 0 aromatic carbocycles. The molecule has 0 spiro atoms. The van der Waals surface area contributed by atoms with Gasteiger partial charge in [0.25, 0.3) is 0 Å². The highest BCUT2D eigenvalue weighted by molar-refractivity contribution is 5.10. The number of alkyl halides is 18. The van der Waals surface area contributed by atoms with E-state index in [1.54, 1.807) is 0 Å². The largest absolute Gasteiger partial charge is 0.469 e. The van der Waals surface area contributed by atoms with Crippen molar-refractivity contribution in [3.05, 3.63) is 0 Å². The highest BCUT2D eigenvalue weighted by Gasteiger charge is 2.91. The van der Waals surface area contributed by atoms with Gasteiger partial charge in [0.05, 0.1) is 0 Å². The van der Waals surface area contributed by atoms with E-state index in [1.807, 2.05) is 0 Å². The molecule has 0 saturated heterocycles. The van der Waals surface area contributed by atoms with Gasteiger partial charge in [0.15, 0.2) is 0 Å². The van der Waals surface area contributed by atoms with Gasteiger partial charge in [-0.2, -0.15) is 84.3 Å². The third kappa shape index (κ3) is 3.69. The third-order valence-electron chi connectivity index (χ3n) is 2.60. The van der Waals surface area contributed by atoms with Crippen molar-refractivity contribution in [1.82, 2.24) is 5.32 Å². The van der Waals surface area contributed by atoms with Crippen LogP contribution in [-0.2, 0) is 0 Å². The van der Waals surface area contributed by atoms with Gasteiger partial charge in [-0.3, -0.25) is 0 Å². The molecule has 27 heavy (non-hydrogen) atoms. The molecule has 0 aliphatic carbocycles. The molecule has 0 radical (unpaired) electrons. The van der Waals surface area contributed by atoms with Crippen LogP contribution in [0, 0.1) is 0 Å². The first kappa shape index (κ1) is 25.7. The van der Waals surface area contributed by atoms with Crippen LogP contribution in [0.5, 0.6) is 0 Å². The summed E-state index contributed by atoms with van der Waals surface area (Å²) in [6, 6.07) is -14.9. The molecule has 0 saturated carbocycles. The van der Waals surface area contributed by atoms with Gasteiger partial charge >= 0.3 is 48.1 Å². The Bertz CT molecular complexity index is 537. The Balaban J connectivity index is 6.32. The van der Waals surface area contributed by atoms with Crippen LogP contribution in [0.2, 0.25) is 0 Å². The highest BCUT2D eigenvalue weighted by atomic mass is 19.4. The number of rotatable bonds is 6. The molecule has 0 aliphatic rings. The average Bonchev–Trinajstić information content (AvgIpc) is 2.33. The Morgan fingerprint density at radius 3 is 0.852 bits per heavy atom. The molecule has 164 valence electrons. The summed E-state index contributed by atoms with van der Waals surface area (Å²) in [5.74, 6) is -33.3. The van der Waals surface area contributed by atoms with Crippen LogP contribution >= 0.6 is 0 Å². The van der Waals surface area contributed by atoms with Crippen molar-refractivity contribution in [1.29, 1.82) is 0 Å². The fourth-order valence-corrected chi connectivity index (χ4v) is 1.12. The predicted octanol–water partition coefficient (Wildman–Crippen LogP) is 5.43. The molecule has 1 N–H and O–H groups in total. The van der Waals surface area contributed by atoms with Crippen LogP contribution in [0.4, 0.5) is 79.0 Å². The predicted molar refractivity (Wildman–Crippen MR) is 44.9 cm³/mol. The van der Waals surface area contributed by atoms with E-state index in [9.17, 15) is 79.0 Å². The maximum atomic E-state index is 12.9. The van der Waals surface area contributed by atoms with E-state index < -0.39 is 53.5 Å². The van der Waals surface area contributed by atoms with Crippen molar-refractivity contribution in [2.24, 2.45) is 0 Å². The van der Waals surface area contributed by atoms with E-state index >= 15 is 0 Å². The van der Waals surface area contributed by atoms with E-state index in [0.29, 0.717) is 0 Å². The lowest BCUT2D eigenvalue weighted by Gasteiger charge is -2.40. The quantitative estimate of drug-likeness (QED) is 0.418. The normalized spacial score (nSPS) is 16.7. The molecule has 1 nitrogen and oxygen atoms in total. The van der Waals surface area contributed by atoms with Gasteiger partial charge < -0.3 is 0 Å². The molecule has 0 amide bonds. The second kappa shape index (κ2) is 6.10. The van der Waals surface area contributed by atoms with Crippen molar-refractivity contribution in [2.45, 2.75) is 48.1 Å². The van der Waals surface area contributed by atoms with Gasteiger partial charge in [-0.1, -0.05) is 0 Å². The summed E-state index contributed by atoms with van der Waals surface area (Å²) in [5, 5.41) is -1.80. The molecule has 0 bridgehead atoms. The van der Waals surface area contributed by atoms with E-state index in [0.717, 1.165) is 0 Å². The van der Waals surface area contributed by atoms with E-state index in [-0.39, 0.29) is 0 Å². The fourth-order valence-electron chi connectivity index (χ4n) is 1.12. The van der Waals surface area contributed by atoms with Crippen molar-refractivity contribution < 1.29 is 79.0 Å². The van der Waals surface area contributed by atoms with Crippen molar-refractivity contribution >= 4 is 0 Å². The summed E-state index contributed by atoms with van der Waals surface area (Å²) in [6.07, 6.45) is -15.0. The lowest BCUT2D eigenvalue weighted by molar-refractivity contribution is -0.448. The molecule has 0 fully saturated rings. The summed E-state index contributed by atoms with van der Waals surface area (Å²) < 4.78 is 222. The Morgan fingerprint density at radius 1 is 0.296 bits per heavy atom. The first-order valence-corrected chi connectivity index (χ1v) is 5.40. The zero-order chi connectivity index (χ0) is 22.7. The Kier molecular flexibility index (Phi) is 5.80. The first-order valence-electron chi connectivity index (χ1n) is 5.40. The maximum absolute atomic E-state index is 12.9. The van der Waals surface area contributed by atoms with E-state index in [2.05, 4.69) is 0 Å². The molecule has 19 heteroatoms. The lowest BCUT2D eigenvalue weighted by atomic mass is 9.96. The summed E-state index contributed by atoms with van der Waals surface area (Å²) >= 11 is 0. The first-order chi connectivity index (χ1) is 11.2. The molecular weight excluding hydrogens is 452 g/mol. The van der Waals surface area contributed by atoms with Crippen molar-refractivity contribution in [3.63, 3.8) is 0 Å². The lowest BCUT2D eigenvalue weighted by Crippen LogP contribution is -2.74. The van der Waals surface area contributed by atoms with Crippen LogP contribution in [0.1, 0.15) is 0 Å². The standard InChI is InChI=1S/C8HF18N/c9-1(10,3(13,14)5(17,18)19)2(11,12)4(15,16)7(23,24)27-8(25,26)6(20,21)22/h27H. The molecule has 0 aromatic heterocycles. The van der Waals surface area contributed by atoms with Crippen LogP contribution in [0.3, 0.4) is 0 Å². The topological polar surface area (TPSA) is 12.0 Å². The summed E-state index contributed by atoms with van der Waals surface area (Å²) in [4.78, 5) is 0. The molecule has 0 atom stereocenters. The van der Waals surface area contributed by atoms with Crippen LogP contribution in [-0.4, -0.2) is 48.1 Å². The number of hydrogen-bond donors (Lipinski definition) is 1. The van der Waals surface area contributed by atoms with Crippen LogP contribution in [0.15, 0.2) is 0 Å². The van der Waals surface area contributed by atoms with Crippen molar-refractivity contribution in [3.8, 4) is 0 Å². The van der Waals surface area contributed by atoms with Gasteiger partial charge in [-0.25, -0.2) is 0 Å². The minimum atomic E-state index is -8.49. The second-order valence-corrected chi connectivity index (χ2v) is 4.57. The summed E-state index contributed by atoms with van der Waals surface area (Å²) in [5.41, 5.74) is 0. The summed E-state index contributed by atoms with van der Waals surface area (Å²) in [7, 11) is 0. The number of halogens is 18. The molecular formula is C8HF18N. The summed E-state index contributed by atoms with van der Waals surface area (Å²) in [6.45, 7) is 0. The van der Waals surface area contributed by atoms with E-state index in [4.69, 9.17) is 0 Å². The average molecular weight is 453 g/mol. The van der Waals surface area contributed by atoms with Crippen LogP contribution in [0.25, 0.3) is 0 Å². The second-order valence-electron chi connectivity index (χ2n) is 4.57. The van der Waals surface area contributed by atoms with Crippen molar-refractivity contribution in [2.75, 3.05) is 0 Å². The minimum absolute atomic E-state index is 1.80. The SMILES string of the molecule is FC(F)(F)C(F)(F)NC(F)(F)C(F)(F)C(F)(F)C(F)(F)C(F)(F)C(F)(F)F. The smallest absolute Gasteiger partial charge is 0.192 e. The third-order valence-corrected chi connectivity index (χ3v) is 2.60. The minimum Gasteiger partial charge on any atom is -0.192 e. The van der Waals surface area contributed by atoms with Gasteiger partial charge in [-0.05, 0) is 0 Å². The fraction of sp³-hybridized carbons (Fsp3) is 1.00. The monoisotopic (exact) mass is 453 g/mol. The van der Waals surface area contributed by atoms with Crippen LogP contribution < -0.4 is 5.32 Å². The molecule has 0 aromatic rings. The molecule has 0 aliphatic heterocycles. The number of nitrogens with one attached hydrogen (secondary N) is 1.